The van der Waals surface area contributed by atoms with E-state index in [2.05, 4.69) is 58.9 Å². The van der Waals surface area contributed by atoms with E-state index >= 15 is 0 Å². The van der Waals surface area contributed by atoms with Gasteiger partial charge in [-0.15, -0.1) is 0 Å². The van der Waals surface area contributed by atoms with Crippen molar-refractivity contribution < 1.29 is 9.53 Å². The Morgan fingerprint density at radius 2 is 1.42 bits per heavy atom. The number of fused-ring (bicyclic) bond motifs is 1. The first-order valence-electron chi connectivity index (χ1n) is 11.8. The van der Waals surface area contributed by atoms with Crippen molar-refractivity contribution in [1.82, 2.24) is 0 Å². The SMILES string of the molecule is C/C(=C\c1ccc(C(=O)OCc2ccccc2)cc1)c1ccc2c(c1)C(C)(C)CCC2(C)C. The molecule has 0 aromatic heterocycles. The zero-order valence-corrected chi connectivity index (χ0v) is 20.4. The molecular weight excluding hydrogens is 404 g/mol. The molecule has 1 aliphatic carbocycles. The van der Waals surface area contributed by atoms with E-state index in [0.717, 1.165) is 11.1 Å². The van der Waals surface area contributed by atoms with E-state index in [4.69, 9.17) is 4.74 Å². The third-order valence-electron chi connectivity index (χ3n) is 7.05. The van der Waals surface area contributed by atoms with Gasteiger partial charge in [0.2, 0.25) is 0 Å². The first-order valence-corrected chi connectivity index (χ1v) is 11.8. The summed E-state index contributed by atoms with van der Waals surface area (Å²) in [6.07, 6.45) is 4.62. The molecule has 0 unspecified atom stereocenters. The summed E-state index contributed by atoms with van der Waals surface area (Å²) >= 11 is 0. The maximum absolute atomic E-state index is 12.4. The van der Waals surface area contributed by atoms with E-state index in [1.807, 2.05) is 54.6 Å². The summed E-state index contributed by atoms with van der Waals surface area (Å²) < 4.78 is 5.44. The van der Waals surface area contributed by atoms with Crippen LogP contribution in [0.15, 0.2) is 72.8 Å². The molecule has 0 bridgehead atoms. The highest BCUT2D eigenvalue weighted by Crippen LogP contribution is 2.46. The topological polar surface area (TPSA) is 26.3 Å². The average molecular weight is 439 g/mol. The van der Waals surface area contributed by atoms with Gasteiger partial charge in [0, 0.05) is 0 Å². The van der Waals surface area contributed by atoms with Crippen LogP contribution in [-0.2, 0) is 22.2 Å². The van der Waals surface area contributed by atoms with Crippen molar-refractivity contribution in [3.63, 3.8) is 0 Å². The number of carbonyl (C=O) groups is 1. The maximum Gasteiger partial charge on any atom is 0.338 e. The molecule has 4 rings (SSSR count). The number of esters is 1. The third kappa shape index (κ3) is 5.11. The maximum atomic E-state index is 12.4. The Labute approximate surface area is 198 Å². The van der Waals surface area contributed by atoms with Crippen LogP contribution in [0.25, 0.3) is 11.6 Å². The van der Waals surface area contributed by atoms with Crippen molar-refractivity contribution in [3.05, 3.63) is 106 Å². The molecule has 170 valence electrons. The molecule has 0 heterocycles. The molecule has 33 heavy (non-hydrogen) atoms. The van der Waals surface area contributed by atoms with Gasteiger partial charge in [0.15, 0.2) is 0 Å². The molecule has 0 N–H and O–H groups in total. The van der Waals surface area contributed by atoms with Crippen LogP contribution in [0.4, 0.5) is 0 Å². The quantitative estimate of drug-likeness (QED) is 0.298. The summed E-state index contributed by atoms with van der Waals surface area (Å²) in [5.74, 6) is -0.300. The van der Waals surface area contributed by atoms with Crippen LogP contribution in [0, 0.1) is 0 Å². The van der Waals surface area contributed by atoms with E-state index in [1.54, 1.807) is 0 Å². The number of ether oxygens (including phenoxy) is 1. The van der Waals surface area contributed by atoms with Crippen molar-refractivity contribution in [2.75, 3.05) is 0 Å². The van der Waals surface area contributed by atoms with E-state index < -0.39 is 0 Å². The highest BCUT2D eigenvalue weighted by atomic mass is 16.5. The number of benzene rings is 3. The lowest BCUT2D eigenvalue weighted by atomic mass is 9.63. The largest absolute Gasteiger partial charge is 0.457 e. The Bertz CT molecular complexity index is 1170. The molecule has 3 aromatic rings. The Hall–Kier alpha value is -3.13. The molecule has 0 amide bonds. The van der Waals surface area contributed by atoms with Gasteiger partial charge in [-0.25, -0.2) is 4.79 Å². The van der Waals surface area contributed by atoms with Crippen LogP contribution >= 0.6 is 0 Å². The van der Waals surface area contributed by atoms with Crippen LogP contribution in [0.1, 0.15) is 85.6 Å². The average Bonchev–Trinajstić information content (AvgIpc) is 2.81. The standard InChI is InChI=1S/C31H34O2/c1-22(26-15-16-27-28(20-26)31(4,5)18-17-30(27,2)3)19-23-11-13-25(14-12-23)29(32)33-21-24-9-7-6-8-10-24/h6-16,19-20H,17-18,21H2,1-5H3/b22-19+. The fourth-order valence-corrected chi connectivity index (χ4v) is 4.69. The van der Waals surface area contributed by atoms with Gasteiger partial charge in [0.25, 0.3) is 0 Å². The van der Waals surface area contributed by atoms with Crippen LogP contribution in [0.2, 0.25) is 0 Å². The third-order valence-corrected chi connectivity index (χ3v) is 7.05. The minimum absolute atomic E-state index is 0.197. The molecule has 0 spiro atoms. The minimum Gasteiger partial charge on any atom is -0.457 e. The molecule has 0 atom stereocenters. The molecule has 1 aliphatic rings. The second kappa shape index (κ2) is 9.02. The number of hydrogen-bond acceptors (Lipinski definition) is 2. The molecule has 3 aromatic carbocycles. The first-order chi connectivity index (χ1) is 15.7. The lowest BCUT2D eigenvalue weighted by molar-refractivity contribution is 0.0472. The van der Waals surface area contributed by atoms with Crippen molar-refractivity contribution in [2.24, 2.45) is 0 Å². The van der Waals surface area contributed by atoms with Crippen molar-refractivity contribution in [2.45, 2.75) is 64.9 Å². The Balaban J connectivity index is 1.50. The highest BCUT2D eigenvalue weighted by molar-refractivity contribution is 5.90. The van der Waals surface area contributed by atoms with Gasteiger partial charge < -0.3 is 4.74 Å². The zero-order valence-electron chi connectivity index (χ0n) is 20.4. The van der Waals surface area contributed by atoms with Gasteiger partial charge in [-0.05, 0) is 76.1 Å². The van der Waals surface area contributed by atoms with Gasteiger partial charge in [0.05, 0.1) is 5.56 Å². The van der Waals surface area contributed by atoms with E-state index in [9.17, 15) is 4.79 Å². The molecule has 2 nitrogen and oxygen atoms in total. The molecular formula is C31H34O2. The molecule has 2 heteroatoms. The summed E-state index contributed by atoms with van der Waals surface area (Å²) in [4.78, 5) is 12.4. The van der Waals surface area contributed by atoms with Gasteiger partial charge in [-0.3, -0.25) is 0 Å². The van der Waals surface area contributed by atoms with Gasteiger partial charge in [-0.2, -0.15) is 0 Å². The van der Waals surface area contributed by atoms with Gasteiger partial charge >= 0.3 is 5.97 Å². The summed E-state index contributed by atoms with van der Waals surface area (Å²) in [5.41, 5.74) is 8.48. The number of carbonyl (C=O) groups excluding carboxylic acids is 1. The van der Waals surface area contributed by atoms with Crippen LogP contribution in [0.3, 0.4) is 0 Å². The molecule has 0 saturated heterocycles. The zero-order chi connectivity index (χ0) is 23.6. The molecule has 0 aliphatic heterocycles. The molecule has 0 saturated carbocycles. The van der Waals surface area contributed by atoms with Crippen molar-refractivity contribution in [3.8, 4) is 0 Å². The van der Waals surface area contributed by atoms with E-state index in [-0.39, 0.29) is 23.4 Å². The lowest BCUT2D eigenvalue weighted by Crippen LogP contribution is -2.33. The summed E-state index contributed by atoms with van der Waals surface area (Å²) in [7, 11) is 0. The minimum atomic E-state index is -0.300. The Morgan fingerprint density at radius 3 is 2.09 bits per heavy atom. The molecule has 0 radical (unpaired) electrons. The molecule has 0 fully saturated rings. The normalized spacial score (nSPS) is 16.7. The van der Waals surface area contributed by atoms with Gasteiger partial charge in [0.1, 0.15) is 6.61 Å². The summed E-state index contributed by atoms with van der Waals surface area (Å²) in [6, 6.07) is 24.3. The number of allylic oxidation sites excluding steroid dienone is 1. The summed E-state index contributed by atoms with van der Waals surface area (Å²) in [6.45, 7) is 11.9. The predicted octanol–water partition coefficient (Wildman–Crippen LogP) is 7.95. The van der Waals surface area contributed by atoms with Crippen molar-refractivity contribution >= 4 is 17.6 Å². The lowest BCUT2D eigenvalue weighted by Gasteiger charge is -2.42. The fourth-order valence-electron chi connectivity index (χ4n) is 4.69. The van der Waals surface area contributed by atoms with Gasteiger partial charge in [-0.1, -0.05) is 94.4 Å². The van der Waals surface area contributed by atoms with Crippen molar-refractivity contribution in [1.29, 1.82) is 0 Å². The Kier molecular flexibility index (Phi) is 6.30. The number of rotatable bonds is 5. The first kappa shape index (κ1) is 23.0. The summed E-state index contributed by atoms with van der Waals surface area (Å²) in [5, 5.41) is 0. The monoisotopic (exact) mass is 438 g/mol. The second-order valence-corrected chi connectivity index (χ2v) is 10.5. The Morgan fingerprint density at radius 1 is 0.818 bits per heavy atom. The second-order valence-electron chi connectivity index (χ2n) is 10.5. The predicted molar refractivity (Wildman–Crippen MR) is 137 cm³/mol. The van der Waals surface area contributed by atoms with Crippen LogP contribution in [0.5, 0.6) is 0 Å². The highest BCUT2D eigenvalue weighted by Gasteiger charge is 2.36. The van der Waals surface area contributed by atoms with Crippen LogP contribution in [-0.4, -0.2) is 5.97 Å². The smallest absolute Gasteiger partial charge is 0.338 e. The number of hydrogen-bond donors (Lipinski definition) is 0. The van der Waals surface area contributed by atoms with Crippen LogP contribution < -0.4 is 0 Å². The van der Waals surface area contributed by atoms with E-state index in [1.165, 1.54) is 35.1 Å². The fraction of sp³-hybridized carbons (Fsp3) is 0.323. The van der Waals surface area contributed by atoms with E-state index in [0.29, 0.717) is 5.56 Å².